The summed E-state index contributed by atoms with van der Waals surface area (Å²) in [6.45, 7) is 0.469. The van der Waals surface area contributed by atoms with Crippen LogP contribution in [0, 0.1) is 6.92 Å². The number of hydrogen-bond acceptors (Lipinski definition) is 6. The average molecular weight is 338 g/mol. The molecule has 0 aliphatic carbocycles. The van der Waals surface area contributed by atoms with Crippen LogP contribution < -0.4 is 9.44 Å². The Labute approximate surface area is 123 Å². The van der Waals surface area contributed by atoms with Gasteiger partial charge in [-0.05, 0) is 24.6 Å². The van der Waals surface area contributed by atoms with Gasteiger partial charge in [-0.1, -0.05) is 6.07 Å². The Kier molecular flexibility index (Phi) is 6.25. The molecule has 0 aliphatic heterocycles. The summed E-state index contributed by atoms with van der Waals surface area (Å²) in [5.74, 6) is 0. The SMILES string of the molecule is Cc1ccc(S(=O)(=O)NCCO)cc1S(=O)(=O)NCCO. The first-order valence-corrected chi connectivity index (χ1v) is 9.03. The monoisotopic (exact) mass is 338 g/mol. The first-order valence-electron chi connectivity index (χ1n) is 6.06. The summed E-state index contributed by atoms with van der Waals surface area (Å²) in [5.41, 5.74) is 0.376. The number of rotatable bonds is 8. The lowest BCUT2D eigenvalue weighted by Crippen LogP contribution is -2.29. The van der Waals surface area contributed by atoms with E-state index in [-0.39, 0.29) is 36.1 Å². The van der Waals surface area contributed by atoms with Gasteiger partial charge in [0.2, 0.25) is 20.0 Å². The molecule has 10 heteroatoms. The maximum Gasteiger partial charge on any atom is 0.240 e. The minimum atomic E-state index is -3.91. The third-order valence-corrected chi connectivity index (χ3v) is 5.63. The van der Waals surface area contributed by atoms with Gasteiger partial charge in [0.1, 0.15) is 0 Å². The molecule has 1 aromatic rings. The lowest BCUT2D eigenvalue weighted by molar-refractivity contribution is 0.301. The standard InChI is InChI=1S/C11H18N2O6S2/c1-9-2-3-10(20(16,17)12-4-6-14)8-11(9)21(18,19)13-5-7-15/h2-3,8,12-15H,4-7H2,1H3. The van der Waals surface area contributed by atoms with Gasteiger partial charge >= 0.3 is 0 Å². The second-order valence-electron chi connectivity index (χ2n) is 4.17. The zero-order valence-electron chi connectivity index (χ0n) is 11.4. The molecule has 0 heterocycles. The van der Waals surface area contributed by atoms with Crippen molar-refractivity contribution in [3.8, 4) is 0 Å². The number of aryl methyl sites for hydroxylation is 1. The van der Waals surface area contributed by atoms with E-state index in [9.17, 15) is 16.8 Å². The van der Waals surface area contributed by atoms with Gasteiger partial charge in [0, 0.05) is 13.1 Å². The summed E-state index contributed by atoms with van der Waals surface area (Å²) in [7, 11) is -7.80. The second kappa shape index (κ2) is 7.29. The summed E-state index contributed by atoms with van der Waals surface area (Å²) in [6, 6.07) is 3.69. The topological polar surface area (TPSA) is 133 Å². The second-order valence-corrected chi connectivity index (χ2v) is 7.67. The Bertz CT molecular complexity index is 685. The van der Waals surface area contributed by atoms with Crippen LogP contribution in [0.3, 0.4) is 0 Å². The maximum atomic E-state index is 12.0. The molecule has 21 heavy (non-hydrogen) atoms. The Morgan fingerprint density at radius 1 is 0.952 bits per heavy atom. The van der Waals surface area contributed by atoms with Crippen LogP contribution >= 0.6 is 0 Å². The molecule has 0 amide bonds. The van der Waals surface area contributed by atoms with E-state index in [1.54, 1.807) is 0 Å². The predicted molar refractivity (Wildman–Crippen MR) is 75.7 cm³/mol. The van der Waals surface area contributed by atoms with Crippen LogP contribution in [0.2, 0.25) is 0 Å². The van der Waals surface area contributed by atoms with Crippen molar-refractivity contribution in [2.45, 2.75) is 16.7 Å². The Balaban J connectivity index is 3.23. The molecule has 120 valence electrons. The highest BCUT2D eigenvalue weighted by Crippen LogP contribution is 2.19. The van der Waals surface area contributed by atoms with Crippen LogP contribution in [0.1, 0.15) is 5.56 Å². The molecule has 0 saturated carbocycles. The zero-order valence-corrected chi connectivity index (χ0v) is 13.0. The molecule has 0 unspecified atom stereocenters. The van der Waals surface area contributed by atoms with Crippen molar-refractivity contribution in [3.05, 3.63) is 23.8 Å². The summed E-state index contributed by atoms with van der Waals surface area (Å²) < 4.78 is 52.2. The van der Waals surface area contributed by atoms with E-state index in [0.29, 0.717) is 5.56 Å². The molecule has 0 atom stereocenters. The fraction of sp³-hybridized carbons (Fsp3) is 0.455. The van der Waals surface area contributed by atoms with Gasteiger partial charge in [-0.2, -0.15) is 0 Å². The van der Waals surface area contributed by atoms with E-state index in [4.69, 9.17) is 10.2 Å². The Morgan fingerprint density at radius 2 is 1.48 bits per heavy atom. The number of sulfonamides is 2. The third-order valence-electron chi connectivity index (χ3n) is 2.57. The van der Waals surface area contributed by atoms with Crippen LogP contribution in [0.4, 0.5) is 0 Å². The molecule has 0 saturated heterocycles. The number of nitrogens with one attached hydrogen (secondary N) is 2. The Hall–Kier alpha value is -1.04. The summed E-state index contributed by atoms with van der Waals surface area (Å²) in [4.78, 5) is -0.395. The van der Waals surface area contributed by atoms with Crippen molar-refractivity contribution < 1.29 is 27.0 Å². The van der Waals surface area contributed by atoms with Crippen molar-refractivity contribution >= 4 is 20.0 Å². The van der Waals surface area contributed by atoms with Crippen molar-refractivity contribution in [2.24, 2.45) is 0 Å². The summed E-state index contributed by atoms with van der Waals surface area (Å²) in [5, 5.41) is 17.3. The molecule has 0 spiro atoms. The van der Waals surface area contributed by atoms with Crippen LogP contribution in [-0.2, 0) is 20.0 Å². The number of hydrogen-bond donors (Lipinski definition) is 4. The van der Waals surface area contributed by atoms with E-state index in [1.807, 2.05) is 0 Å². The van der Waals surface area contributed by atoms with E-state index < -0.39 is 20.0 Å². The van der Waals surface area contributed by atoms with Crippen LogP contribution in [0.5, 0.6) is 0 Å². The predicted octanol–water partition coefficient (Wildman–Crippen LogP) is -1.46. The maximum absolute atomic E-state index is 12.0. The fourth-order valence-corrected chi connectivity index (χ4v) is 3.97. The number of aliphatic hydroxyl groups is 2. The van der Waals surface area contributed by atoms with Crippen molar-refractivity contribution in [1.82, 2.24) is 9.44 Å². The Morgan fingerprint density at radius 3 is 2.00 bits per heavy atom. The molecule has 0 aliphatic rings. The van der Waals surface area contributed by atoms with E-state index in [2.05, 4.69) is 9.44 Å². The number of benzene rings is 1. The van der Waals surface area contributed by atoms with Crippen molar-refractivity contribution in [3.63, 3.8) is 0 Å². The molecule has 0 radical (unpaired) electrons. The molecule has 0 aromatic heterocycles. The highest BCUT2D eigenvalue weighted by atomic mass is 32.2. The highest BCUT2D eigenvalue weighted by molar-refractivity contribution is 7.90. The third kappa shape index (κ3) is 4.73. The van der Waals surface area contributed by atoms with Gasteiger partial charge in [0.25, 0.3) is 0 Å². The number of aliphatic hydroxyl groups excluding tert-OH is 2. The minimum Gasteiger partial charge on any atom is -0.395 e. The molecular formula is C11H18N2O6S2. The molecule has 0 bridgehead atoms. The van der Waals surface area contributed by atoms with E-state index in [0.717, 1.165) is 6.07 Å². The van der Waals surface area contributed by atoms with Crippen LogP contribution in [0.15, 0.2) is 28.0 Å². The smallest absolute Gasteiger partial charge is 0.240 e. The first-order chi connectivity index (χ1) is 9.74. The van der Waals surface area contributed by atoms with Crippen LogP contribution in [-0.4, -0.2) is 53.4 Å². The van der Waals surface area contributed by atoms with Crippen molar-refractivity contribution in [2.75, 3.05) is 26.3 Å². The van der Waals surface area contributed by atoms with Gasteiger partial charge < -0.3 is 10.2 Å². The molecule has 8 nitrogen and oxygen atoms in total. The molecule has 4 N–H and O–H groups in total. The van der Waals surface area contributed by atoms with E-state index >= 15 is 0 Å². The van der Waals surface area contributed by atoms with E-state index in [1.165, 1.54) is 19.1 Å². The minimum absolute atomic E-state index is 0.165. The fourth-order valence-electron chi connectivity index (χ4n) is 1.56. The first kappa shape index (κ1) is 18.0. The van der Waals surface area contributed by atoms with Gasteiger partial charge in [-0.3, -0.25) is 0 Å². The summed E-state index contributed by atoms with van der Waals surface area (Å²) >= 11 is 0. The van der Waals surface area contributed by atoms with Gasteiger partial charge in [-0.25, -0.2) is 26.3 Å². The molecule has 1 rings (SSSR count). The lowest BCUT2D eigenvalue weighted by atomic mass is 10.2. The van der Waals surface area contributed by atoms with Gasteiger partial charge in [0.15, 0.2) is 0 Å². The lowest BCUT2D eigenvalue weighted by Gasteiger charge is -2.11. The van der Waals surface area contributed by atoms with Gasteiger partial charge in [0.05, 0.1) is 23.0 Å². The normalized spacial score (nSPS) is 12.5. The average Bonchev–Trinajstić information content (AvgIpc) is 2.43. The molecular weight excluding hydrogens is 320 g/mol. The van der Waals surface area contributed by atoms with Crippen LogP contribution in [0.25, 0.3) is 0 Å². The zero-order chi connectivity index (χ0) is 16.1. The molecule has 0 fully saturated rings. The van der Waals surface area contributed by atoms with Gasteiger partial charge in [-0.15, -0.1) is 0 Å². The molecule has 1 aromatic carbocycles. The largest absolute Gasteiger partial charge is 0.395 e. The summed E-state index contributed by atoms with van der Waals surface area (Å²) in [6.07, 6.45) is 0. The quantitative estimate of drug-likeness (QED) is 0.458. The highest BCUT2D eigenvalue weighted by Gasteiger charge is 2.21. The van der Waals surface area contributed by atoms with Crippen molar-refractivity contribution in [1.29, 1.82) is 0 Å².